The molecule has 0 radical (unpaired) electrons. The number of aromatic carboxylic acids is 1. The topological polar surface area (TPSA) is 69.3 Å². The van der Waals surface area contributed by atoms with E-state index in [-0.39, 0.29) is 5.56 Å². The van der Waals surface area contributed by atoms with E-state index in [4.69, 9.17) is 5.11 Å². The monoisotopic (exact) mass is 357 g/mol. The summed E-state index contributed by atoms with van der Waals surface area (Å²) in [5, 5.41) is 18.6. The van der Waals surface area contributed by atoms with Gasteiger partial charge in [0.25, 0.3) is 0 Å². The molecule has 0 fully saturated rings. The Labute approximate surface area is 158 Å². The molecule has 0 spiro atoms. The van der Waals surface area contributed by atoms with E-state index in [1.807, 2.05) is 66.2 Å². The minimum Gasteiger partial charge on any atom is -0.478 e. The predicted octanol–water partition coefficient (Wildman–Crippen LogP) is 4.31. The fourth-order valence-electron chi connectivity index (χ4n) is 2.78. The third-order valence-corrected chi connectivity index (χ3v) is 4.28. The number of hydrogen-bond donors (Lipinski definition) is 1. The van der Waals surface area contributed by atoms with Gasteiger partial charge in [-0.1, -0.05) is 12.1 Å². The average molecular weight is 357 g/mol. The number of hydrogen-bond acceptors (Lipinski definition) is 3. The molecule has 1 N–H and O–H groups in total. The molecule has 5 nitrogen and oxygen atoms in total. The van der Waals surface area contributed by atoms with Crippen molar-refractivity contribution in [2.75, 3.05) is 19.0 Å². The van der Waals surface area contributed by atoms with Gasteiger partial charge < -0.3 is 14.6 Å². The first-order valence-electron chi connectivity index (χ1n) is 8.40. The highest BCUT2D eigenvalue weighted by Gasteiger charge is 2.08. The largest absolute Gasteiger partial charge is 0.478 e. The van der Waals surface area contributed by atoms with Crippen LogP contribution >= 0.6 is 0 Å². The van der Waals surface area contributed by atoms with Crippen LogP contribution in [-0.4, -0.2) is 29.7 Å². The number of carboxylic acid groups (broad SMARTS) is 1. The van der Waals surface area contributed by atoms with E-state index in [9.17, 15) is 10.1 Å². The summed E-state index contributed by atoms with van der Waals surface area (Å²) in [5.74, 6) is -0.987. The van der Waals surface area contributed by atoms with E-state index in [1.54, 1.807) is 18.2 Å². The lowest BCUT2D eigenvalue weighted by molar-refractivity contribution is 0.0697. The molecule has 3 aromatic rings. The second-order valence-corrected chi connectivity index (χ2v) is 6.27. The van der Waals surface area contributed by atoms with Crippen molar-refractivity contribution >= 4 is 23.3 Å². The Morgan fingerprint density at radius 3 is 2.22 bits per heavy atom. The minimum absolute atomic E-state index is 0.195. The third kappa shape index (κ3) is 3.91. The summed E-state index contributed by atoms with van der Waals surface area (Å²) < 4.78 is 2.00. The Balaban J connectivity index is 1.96. The number of rotatable bonds is 5. The highest BCUT2D eigenvalue weighted by atomic mass is 16.4. The Morgan fingerprint density at radius 1 is 1.04 bits per heavy atom. The Bertz CT molecular complexity index is 1020. The van der Waals surface area contributed by atoms with E-state index in [0.29, 0.717) is 11.1 Å². The molecule has 0 amide bonds. The number of carboxylic acids is 1. The fourth-order valence-corrected chi connectivity index (χ4v) is 2.78. The summed E-state index contributed by atoms with van der Waals surface area (Å²) in [6, 6.07) is 20.5. The maximum Gasteiger partial charge on any atom is 0.335 e. The zero-order valence-corrected chi connectivity index (χ0v) is 15.1. The van der Waals surface area contributed by atoms with Crippen molar-refractivity contribution in [2.24, 2.45) is 0 Å². The van der Waals surface area contributed by atoms with Gasteiger partial charge in [0.05, 0.1) is 17.2 Å². The van der Waals surface area contributed by atoms with Gasteiger partial charge in [-0.05, 0) is 60.2 Å². The van der Waals surface area contributed by atoms with Crippen LogP contribution in [-0.2, 0) is 0 Å². The SMILES string of the molecule is CN(C)c1ccc(-n2cccc2/C=C(/C#N)c2ccc(C(=O)O)cc2)cc1. The summed E-state index contributed by atoms with van der Waals surface area (Å²) in [5.41, 5.74) is 4.32. The fraction of sp³-hybridized carbons (Fsp3) is 0.0909. The van der Waals surface area contributed by atoms with Crippen molar-refractivity contribution in [3.05, 3.63) is 83.7 Å². The van der Waals surface area contributed by atoms with Crippen LogP contribution in [0.3, 0.4) is 0 Å². The van der Waals surface area contributed by atoms with Gasteiger partial charge in [-0.3, -0.25) is 0 Å². The van der Waals surface area contributed by atoms with Crippen molar-refractivity contribution in [1.29, 1.82) is 5.26 Å². The lowest BCUT2D eigenvalue weighted by atomic mass is 10.0. The van der Waals surface area contributed by atoms with Gasteiger partial charge in [0.1, 0.15) is 0 Å². The Morgan fingerprint density at radius 2 is 1.67 bits per heavy atom. The maximum atomic E-state index is 11.0. The van der Waals surface area contributed by atoms with Crippen molar-refractivity contribution < 1.29 is 9.90 Å². The Kier molecular flexibility index (Phi) is 5.09. The van der Waals surface area contributed by atoms with Gasteiger partial charge in [0, 0.05) is 37.4 Å². The molecule has 2 aromatic carbocycles. The normalized spacial score (nSPS) is 11.1. The molecule has 0 saturated carbocycles. The van der Waals surface area contributed by atoms with Crippen LogP contribution in [0.4, 0.5) is 5.69 Å². The van der Waals surface area contributed by atoms with Crippen LogP contribution in [0.5, 0.6) is 0 Å². The van der Waals surface area contributed by atoms with E-state index < -0.39 is 5.97 Å². The molecule has 0 bridgehead atoms. The minimum atomic E-state index is -0.987. The molecule has 0 aliphatic carbocycles. The van der Waals surface area contributed by atoms with Crippen LogP contribution in [0.15, 0.2) is 66.9 Å². The zero-order valence-electron chi connectivity index (χ0n) is 15.1. The molecule has 0 saturated heterocycles. The van der Waals surface area contributed by atoms with Crippen molar-refractivity contribution in [3.8, 4) is 11.8 Å². The summed E-state index contributed by atoms with van der Waals surface area (Å²) in [6.45, 7) is 0. The second-order valence-electron chi connectivity index (χ2n) is 6.27. The van der Waals surface area contributed by atoms with Crippen LogP contribution in [0.1, 0.15) is 21.6 Å². The van der Waals surface area contributed by atoms with E-state index in [2.05, 4.69) is 6.07 Å². The summed E-state index contributed by atoms with van der Waals surface area (Å²) in [6.07, 6.45) is 3.74. The predicted molar refractivity (Wildman–Crippen MR) is 107 cm³/mol. The first kappa shape index (κ1) is 18.0. The first-order chi connectivity index (χ1) is 13.0. The number of carbonyl (C=O) groups is 1. The van der Waals surface area contributed by atoms with Gasteiger partial charge in [-0.15, -0.1) is 0 Å². The Hall–Kier alpha value is -3.78. The summed E-state index contributed by atoms with van der Waals surface area (Å²) in [7, 11) is 3.99. The van der Waals surface area contributed by atoms with Crippen LogP contribution in [0.25, 0.3) is 17.3 Å². The molecule has 134 valence electrons. The third-order valence-electron chi connectivity index (χ3n) is 4.28. The smallest absolute Gasteiger partial charge is 0.335 e. The molecule has 3 rings (SSSR count). The average Bonchev–Trinajstić information content (AvgIpc) is 3.14. The number of aromatic nitrogens is 1. The summed E-state index contributed by atoms with van der Waals surface area (Å²) >= 11 is 0. The summed E-state index contributed by atoms with van der Waals surface area (Å²) in [4.78, 5) is 13.0. The molecule has 5 heteroatoms. The molecule has 0 atom stereocenters. The lowest BCUT2D eigenvalue weighted by Crippen LogP contribution is -2.08. The van der Waals surface area contributed by atoms with Crippen molar-refractivity contribution in [1.82, 2.24) is 4.57 Å². The van der Waals surface area contributed by atoms with E-state index in [0.717, 1.165) is 17.1 Å². The number of anilines is 1. The highest BCUT2D eigenvalue weighted by molar-refractivity contribution is 5.92. The molecule has 27 heavy (non-hydrogen) atoms. The number of nitrogens with zero attached hydrogens (tertiary/aromatic N) is 3. The number of allylic oxidation sites excluding steroid dienone is 1. The molecule has 1 aromatic heterocycles. The van der Waals surface area contributed by atoms with Gasteiger partial charge in [-0.25, -0.2) is 4.79 Å². The van der Waals surface area contributed by atoms with Gasteiger partial charge in [0.2, 0.25) is 0 Å². The quantitative estimate of drug-likeness (QED) is 0.691. The van der Waals surface area contributed by atoms with E-state index >= 15 is 0 Å². The van der Waals surface area contributed by atoms with Gasteiger partial charge in [0.15, 0.2) is 0 Å². The van der Waals surface area contributed by atoms with Crippen LogP contribution < -0.4 is 4.90 Å². The highest BCUT2D eigenvalue weighted by Crippen LogP contribution is 2.22. The van der Waals surface area contributed by atoms with Crippen molar-refractivity contribution in [2.45, 2.75) is 0 Å². The second kappa shape index (κ2) is 7.63. The maximum absolute atomic E-state index is 11.0. The van der Waals surface area contributed by atoms with Crippen LogP contribution in [0, 0.1) is 11.3 Å². The molecule has 1 heterocycles. The molecule has 0 unspecified atom stereocenters. The van der Waals surface area contributed by atoms with Gasteiger partial charge >= 0.3 is 5.97 Å². The lowest BCUT2D eigenvalue weighted by Gasteiger charge is -2.14. The van der Waals surface area contributed by atoms with Crippen molar-refractivity contribution in [3.63, 3.8) is 0 Å². The standard InChI is InChI=1S/C22H19N3O2/c1-24(2)19-9-11-20(12-10-19)25-13-3-4-21(25)14-18(15-23)16-5-7-17(8-6-16)22(26)27/h3-14H,1-2H3,(H,26,27)/b18-14-. The van der Waals surface area contributed by atoms with Gasteiger partial charge in [-0.2, -0.15) is 5.26 Å². The number of nitriles is 1. The molecule has 0 aliphatic rings. The van der Waals surface area contributed by atoms with E-state index in [1.165, 1.54) is 12.1 Å². The van der Waals surface area contributed by atoms with Crippen LogP contribution in [0.2, 0.25) is 0 Å². The molecular formula is C22H19N3O2. The number of benzene rings is 2. The molecular weight excluding hydrogens is 338 g/mol. The first-order valence-corrected chi connectivity index (χ1v) is 8.40. The molecule has 0 aliphatic heterocycles. The zero-order chi connectivity index (χ0) is 19.4.